The van der Waals surface area contributed by atoms with Crippen molar-refractivity contribution in [1.29, 1.82) is 0 Å². The average molecular weight is 409 g/mol. The molecule has 0 saturated carbocycles. The molecule has 0 bridgehead atoms. The van der Waals surface area contributed by atoms with E-state index in [2.05, 4.69) is 29.1 Å². The zero-order valence-electron chi connectivity index (χ0n) is 18.0. The molecule has 158 valence electrons. The number of aromatic nitrogens is 4. The predicted molar refractivity (Wildman–Crippen MR) is 118 cm³/mol. The molecule has 1 aliphatic rings. The second-order valence-corrected chi connectivity index (χ2v) is 7.92. The van der Waals surface area contributed by atoms with Gasteiger partial charge < -0.3 is 4.90 Å². The minimum Gasteiger partial charge on any atom is -0.300 e. The van der Waals surface area contributed by atoms with Crippen molar-refractivity contribution < 1.29 is 0 Å². The highest BCUT2D eigenvalue weighted by Crippen LogP contribution is 2.29. The van der Waals surface area contributed by atoms with Crippen LogP contribution in [-0.4, -0.2) is 49.4 Å². The van der Waals surface area contributed by atoms with E-state index in [1.54, 1.807) is 7.05 Å². The number of hydrogen-bond donors (Lipinski definition) is 0. The van der Waals surface area contributed by atoms with Crippen LogP contribution >= 0.6 is 0 Å². The molecule has 0 aliphatic carbocycles. The van der Waals surface area contributed by atoms with Gasteiger partial charge >= 0.3 is 5.69 Å². The van der Waals surface area contributed by atoms with Crippen molar-refractivity contribution in [3.63, 3.8) is 0 Å². The number of likely N-dealkylation sites (N-methyl/N-ethyl adjacent to an activating group) is 1. The average Bonchev–Trinajstić information content (AvgIpc) is 3.14. The summed E-state index contributed by atoms with van der Waals surface area (Å²) in [6.07, 6.45) is 0. The third-order valence-corrected chi connectivity index (χ3v) is 5.76. The highest BCUT2D eigenvalue weighted by atomic mass is 16.2. The highest BCUT2D eigenvalue weighted by Gasteiger charge is 2.30. The highest BCUT2D eigenvalue weighted by molar-refractivity contribution is 5.91. The second-order valence-electron chi connectivity index (χ2n) is 7.92. The van der Waals surface area contributed by atoms with E-state index in [4.69, 9.17) is 5.10 Å². The Balaban J connectivity index is 1.68. The molecule has 9 heteroatoms. The molecule has 1 aromatic carbocycles. The van der Waals surface area contributed by atoms with Gasteiger partial charge in [-0.2, -0.15) is 10.1 Å². The predicted octanol–water partition coefficient (Wildman–Crippen LogP) is 1.32. The zero-order chi connectivity index (χ0) is 21.6. The van der Waals surface area contributed by atoms with E-state index in [1.807, 2.05) is 41.6 Å². The zero-order valence-corrected chi connectivity index (χ0v) is 18.0. The first-order chi connectivity index (χ1) is 14.3. The fourth-order valence-electron chi connectivity index (χ4n) is 3.85. The number of hydrazone groups is 1. The van der Waals surface area contributed by atoms with Crippen LogP contribution in [0.1, 0.15) is 25.5 Å². The first-order valence-corrected chi connectivity index (χ1v) is 10.0. The van der Waals surface area contributed by atoms with Crippen LogP contribution in [0, 0.1) is 0 Å². The summed E-state index contributed by atoms with van der Waals surface area (Å²) in [5.41, 5.74) is 2.23. The van der Waals surface area contributed by atoms with Crippen LogP contribution < -0.4 is 16.3 Å². The van der Waals surface area contributed by atoms with Gasteiger partial charge in [0.15, 0.2) is 11.2 Å². The van der Waals surface area contributed by atoms with E-state index in [9.17, 15) is 9.59 Å². The summed E-state index contributed by atoms with van der Waals surface area (Å²) in [5.74, 6) is 0.592. The molecule has 0 spiro atoms. The topological polar surface area (TPSA) is 80.7 Å². The Morgan fingerprint density at radius 3 is 2.50 bits per heavy atom. The summed E-state index contributed by atoms with van der Waals surface area (Å²) in [6, 6.07) is 10.2. The normalized spacial score (nSPS) is 16.3. The monoisotopic (exact) mass is 409 g/mol. The first-order valence-electron chi connectivity index (χ1n) is 10.0. The molecule has 0 N–H and O–H groups in total. The molecule has 1 aliphatic heterocycles. The SMILES string of the molecule is CC1=NN(CCN(C)Cc2ccccc2)c2nc3c(c(=O)n(C)c(=O)n3C)n2[C@H]1C. The van der Waals surface area contributed by atoms with Crippen LogP contribution in [0.3, 0.4) is 0 Å². The maximum Gasteiger partial charge on any atom is 0.332 e. The van der Waals surface area contributed by atoms with E-state index in [-0.39, 0.29) is 17.3 Å². The van der Waals surface area contributed by atoms with Crippen molar-refractivity contribution in [2.45, 2.75) is 26.4 Å². The van der Waals surface area contributed by atoms with Gasteiger partial charge in [0.2, 0.25) is 5.95 Å². The van der Waals surface area contributed by atoms with Gasteiger partial charge in [-0.15, -0.1) is 0 Å². The van der Waals surface area contributed by atoms with Gasteiger partial charge in [0.1, 0.15) is 0 Å². The number of aryl methyl sites for hydroxylation is 1. The van der Waals surface area contributed by atoms with Crippen LogP contribution in [0.5, 0.6) is 0 Å². The lowest BCUT2D eigenvalue weighted by atomic mass is 10.2. The van der Waals surface area contributed by atoms with E-state index >= 15 is 0 Å². The van der Waals surface area contributed by atoms with Crippen molar-refractivity contribution in [2.24, 2.45) is 19.2 Å². The minimum absolute atomic E-state index is 0.117. The van der Waals surface area contributed by atoms with Crippen molar-refractivity contribution in [3.05, 3.63) is 56.7 Å². The summed E-state index contributed by atoms with van der Waals surface area (Å²) < 4.78 is 4.45. The third kappa shape index (κ3) is 3.24. The van der Waals surface area contributed by atoms with Crippen LogP contribution in [0.25, 0.3) is 11.2 Å². The summed E-state index contributed by atoms with van der Waals surface area (Å²) in [4.78, 5) is 32.1. The quantitative estimate of drug-likeness (QED) is 0.635. The van der Waals surface area contributed by atoms with Crippen molar-refractivity contribution >= 4 is 22.8 Å². The lowest BCUT2D eigenvalue weighted by Gasteiger charge is -2.30. The second kappa shape index (κ2) is 7.56. The summed E-state index contributed by atoms with van der Waals surface area (Å²) in [6.45, 7) is 6.16. The van der Waals surface area contributed by atoms with Crippen LogP contribution in [0.2, 0.25) is 0 Å². The molecule has 9 nitrogen and oxygen atoms in total. The lowest BCUT2D eigenvalue weighted by Crippen LogP contribution is -2.39. The molecule has 30 heavy (non-hydrogen) atoms. The van der Waals surface area contributed by atoms with Gasteiger partial charge in [-0.25, -0.2) is 9.80 Å². The van der Waals surface area contributed by atoms with Crippen LogP contribution in [0.4, 0.5) is 5.95 Å². The molecule has 3 heterocycles. The Hall–Kier alpha value is -3.20. The van der Waals surface area contributed by atoms with Crippen molar-refractivity contribution in [2.75, 3.05) is 25.1 Å². The summed E-state index contributed by atoms with van der Waals surface area (Å²) >= 11 is 0. The van der Waals surface area contributed by atoms with E-state index in [1.165, 1.54) is 17.2 Å². The fraction of sp³-hybridized carbons (Fsp3) is 0.429. The Morgan fingerprint density at radius 2 is 1.80 bits per heavy atom. The number of hydrogen-bond acceptors (Lipinski definition) is 6. The molecule has 0 amide bonds. The molecule has 0 radical (unpaired) electrons. The van der Waals surface area contributed by atoms with Gasteiger partial charge in [0.05, 0.1) is 18.3 Å². The minimum atomic E-state index is -0.387. The van der Waals surface area contributed by atoms with Crippen molar-refractivity contribution in [3.8, 4) is 0 Å². The number of benzene rings is 1. The Bertz CT molecular complexity index is 1240. The van der Waals surface area contributed by atoms with Gasteiger partial charge in [0.25, 0.3) is 5.56 Å². The molecule has 0 unspecified atom stereocenters. The van der Waals surface area contributed by atoms with Crippen molar-refractivity contribution in [1.82, 2.24) is 23.6 Å². The Labute approximate surface area is 174 Å². The number of fused-ring (bicyclic) bond motifs is 3. The maximum absolute atomic E-state index is 12.9. The fourth-order valence-corrected chi connectivity index (χ4v) is 3.85. The molecule has 0 saturated heterocycles. The number of rotatable bonds is 5. The molecule has 1 atom stereocenters. The molecule has 2 aromatic heterocycles. The Kier molecular flexibility index (Phi) is 5.07. The van der Waals surface area contributed by atoms with Crippen LogP contribution in [-0.2, 0) is 20.6 Å². The maximum atomic E-state index is 12.9. The van der Waals surface area contributed by atoms with Gasteiger partial charge in [0, 0.05) is 27.2 Å². The van der Waals surface area contributed by atoms with Gasteiger partial charge in [-0.3, -0.25) is 18.5 Å². The molecule has 0 fully saturated rings. The number of nitrogens with zero attached hydrogens (tertiary/aromatic N) is 7. The lowest BCUT2D eigenvalue weighted by molar-refractivity contribution is 0.331. The van der Waals surface area contributed by atoms with E-state index < -0.39 is 0 Å². The summed E-state index contributed by atoms with van der Waals surface area (Å²) in [7, 11) is 5.20. The number of imidazole rings is 1. The largest absolute Gasteiger partial charge is 0.332 e. The summed E-state index contributed by atoms with van der Waals surface area (Å²) in [5, 5.41) is 6.56. The van der Waals surface area contributed by atoms with E-state index in [0.717, 1.165) is 23.4 Å². The molecular weight excluding hydrogens is 382 g/mol. The third-order valence-electron chi connectivity index (χ3n) is 5.76. The molecule has 4 rings (SSSR count). The first kappa shape index (κ1) is 20.1. The standard InChI is InChI=1S/C21H27N7O2/c1-14-15(2)28-17-18(25(4)21(30)26(5)19(17)29)22-20(28)27(23-14)12-11-24(3)13-16-9-7-6-8-10-16/h6-10,15H,11-13H2,1-5H3/t15-/m0/s1. The van der Waals surface area contributed by atoms with Gasteiger partial charge in [-0.05, 0) is 26.5 Å². The molecular formula is C21H27N7O2. The smallest absolute Gasteiger partial charge is 0.300 e. The molecule has 3 aromatic rings. The van der Waals surface area contributed by atoms with E-state index in [0.29, 0.717) is 23.7 Å². The Morgan fingerprint density at radius 1 is 1.10 bits per heavy atom. The van der Waals surface area contributed by atoms with Gasteiger partial charge in [-0.1, -0.05) is 30.3 Å². The van der Waals surface area contributed by atoms with Crippen LogP contribution in [0.15, 0.2) is 45.0 Å². The number of anilines is 1.